The van der Waals surface area contributed by atoms with Crippen molar-refractivity contribution in [3.63, 3.8) is 0 Å². The maximum atomic E-state index is 11.9. The molecule has 19 heavy (non-hydrogen) atoms. The Morgan fingerprint density at radius 3 is 2.74 bits per heavy atom. The lowest BCUT2D eigenvalue weighted by Crippen LogP contribution is -2.53. The summed E-state index contributed by atoms with van der Waals surface area (Å²) in [5.41, 5.74) is 7.90. The summed E-state index contributed by atoms with van der Waals surface area (Å²) in [5, 5.41) is 0. The van der Waals surface area contributed by atoms with E-state index in [2.05, 4.69) is 32.0 Å². The van der Waals surface area contributed by atoms with Crippen LogP contribution in [0.25, 0.3) is 0 Å². The molecule has 0 amide bonds. The van der Waals surface area contributed by atoms with E-state index in [0.29, 0.717) is 5.75 Å². The number of hydrogen-bond acceptors (Lipinski definition) is 4. The van der Waals surface area contributed by atoms with Gasteiger partial charge in [-0.3, -0.25) is 4.79 Å². The van der Waals surface area contributed by atoms with E-state index in [4.69, 9.17) is 10.5 Å². The highest BCUT2D eigenvalue weighted by Crippen LogP contribution is 2.42. The number of thioether (sulfide) groups is 1. The highest BCUT2D eigenvalue weighted by molar-refractivity contribution is 7.99. The highest BCUT2D eigenvalue weighted by Gasteiger charge is 2.48. The predicted octanol–water partition coefficient (Wildman–Crippen LogP) is 2.68. The van der Waals surface area contributed by atoms with E-state index in [9.17, 15) is 4.79 Å². The number of benzene rings is 1. The first-order valence-corrected chi connectivity index (χ1v) is 7.53. The zero-order chi connectivity index (χ0) is 14.0. The molecule has 1 unspecified atom stereocenters. The quantitative estimate of drug-likeness (QED) is 0.665. The van der Waals surface area contributed by atoms with Crippen LogP contribution < -0.4 is 5.73 Å². The molecule has 2 rings (SSSR count). The van der Waals surface area contributed by atoms with Crippen molar-refractivity contribution in [1.29, 1.82) is 0 Å². The van der Waals surface area contributed by atoms with Crippen molar-refractivity contribution in [2.24, 2.45) is 11.7 Å². The molecule has 1 aliphatic carbocycles. The van der Waals surface area contributed by atoms with Gasteiger partial charge in [-0.15, -0.1) is 11.8 Å². The number of nitrogens with two attached hydrogens (primary N) is 1. The van der Waals surface area contributed by atoms with E-state index >= 15 is 0 Å². The van der Waals surface area contributed by atoms with Crippen LogP contribution in [0.2, 0.25) is 0 Å². The minimum atomic E-state index is -0.838. The highest BCUT2D eigenvalue weighted by atomic mass is 32.2. The van der Waals surface area contributed by atoms with Crippen molar-refractivity contribution in [2.75, 3.05) is 12.9 Å². The van der Waals surface area contributed by atoms with Crippen molar-refractivity contribution < 1.29 is 9.53 Å². The summed E-state index contributed by atoms with van der Waals surface area (Å²) < 4.78 is 4.88. The lowest BCUT2D eigenvalue weighted by Gasteiger charge is -2.26. The van der Waals surface area contributed by atoms with Crippen LogP contribution in [0.4, 0.5) is 0 Å². The first-order valence-electron chi connectivity index (χ1n) is 6.54. The molecule has 0 radical (unpaired) electrons. The van der Waals surface area contributed by atoms with Gasteiger partial charge >= 0.3 is 5.97 Å². The number of esters is 1. The van der Waals surface area contributed by atoms with Gasteiger partial charge in [0.25, 0.3) is 0 Å². The van der Waals surface area contributed by atoms with E-state index in [1.165, 1.54) is 23.1 Å². The van der Waals surface area contributed by atoms with Crippen molar-refractivity contribution in [2.45, 2.75) is 37.1 Å². The number of rotatable bonds is 5. The molecule has 104 valence electrons. The summed E-state index contributed by atoms with van der Waals surface area (Å²) in [6.45, 7) is 4.15. The van der Waals surface area contributed by atoms with Crippen molar-refractivity contribution in [3.05, 3.63) is 29.3 Å². The second-order valence-corrected chi connectivity index (χ2v) is 6.38. The van der Waals surface area contributed by atoms with Gasteiger partial charge in [-0.2, -0.15) is 0 Å². The van der Waals surface area contributed by atoms with Crippen LogP contribution in [0, 0.1) is 19.8 Å². The first kappa shape index (κ1) is 14.4. The largest absolute Gasteiger partial charge is 0.468 e. The summed E-state index contributed by atoms with van der Waals surface area (Å²) in [7, 11) is 1.41. The molecule has 0 aliphatic heterocycles. The summed E-state index contributed by atoms with van der Waals surface area (Å²) in [6.07, 6.45) is 2.05. The molecule has 1 aliphatic rings. The smallest absolute Gasteiger partial charge is 0.327 e. The number of methoxy groups -OCH3 is 1. The zero-order valence-electron chi connectivity index (χ0n) is 11.7. The van der Waals surface area contributed by atoms with Crippen LogP contribution in [0.3, 0.4) is 0 Å². The van der Waals surface area contributed by atoms with Crippen LogP contribution >= 0.6 is 11.8 Å². The van der Waals surface area contributed by atoms with Gasteiger partial charge in [-0.1, -0.05) is 17.7 Å². The molecule has 1 atom stereocenters. The van der Waals surface area contributed by atoms with Crippen LogP contribution in [-0.4, -0.2) is 24.4 Å². The second kappa shape index (κ2) is 5.55. The molecular weight excluding hydrogens is 258 g/mol. The van der Waals surface area contributed by atoms with Crippen LogP contribution in [0.15, 0.2) is 23.1 Å². The second-order valence-electron chi connectivity index (χ2n) is 5.36. The van der Waals surface area contributed by atoms with E-state index in [-0.39, 0.29) is 11.9 Å². The third kappa shape index (κ3) is 3.12. The predicted molar refractivity (Wildman–Crippen MR) is 78.3 cm³/mol. The lowest BCUT2D eigenvalue weighted by molar-refractivity contribution is -0.146. The van der Waals surface area contributed by atoms with E-state index in [0.717, 1.165) is 12.8 Å². The fourth-order valence-electron chi connectivity index (χ4n) is 2.19. The van der Waals surface area contributed by atoms with Crippen LogP contribution in [0.5, 0.6) is 0 Å². The van der Waals surface area contributed by atoms with Gasteiger partial charge in [0.1, 0.15) is 5.54 Å². The van der Waals surface area contributed by atoms with Gasteiger partial charge in [0.05, 0.1) is 7.11 Å². The molecule has 2 N–H and O–H groups in total. The zero-order valence-corrected chi connectivity index (χ0v) is 12.5. The summed E-state index contributed by atoms with van der Waals surface area (Å²) in [5.74, 6) is 0.569. The summed E-state index contributed by atoms with van der Waals surface area (Å²) in [6, 6.07) is 6.34. The Morgan fingerprint density at radius 2 is 2.16 bits per heavy atom. The monoisotopic (exact) mass is 279 g/mol. The van der Waals surface area contributed by atoms with Gasteiger partial charge in [0.15, 0.2) is 0 Å². The van der Waals surface area contributed by atoms with Gasteiger partial charge in [0, 0.05) is 10.6 Å². The maximum Gasteiger partial charge on any atom is 0.327 e. The van der Waals surface area contributed by atoms with Crippen molar-refractivity contribution >= 4 is 17.7 Å². The molecule has 0 aromatic heterocycles. The summed E-state index contributed by atoms with van der Waals surface area (Å²) >= 11 is 1.65. The molecule has 0 saturated heterocycles. The van der Waals surface area contributed by atoms with E-state index in [1.54, 1.807) is 11.8 Å². The summed E-state index contributed by atoms with van der Waals surface area (Å²) in [4.78, 5) is 13.1. The molecule has 0 heterocycles. The minimum Gasteiger partial charge on any atom is -0.468 e. The average molecular weight is 279 g/mol. The van der Waals surface area contributed by atoms with Crippen molar-refractivity contribution in [3.8, 4) is 0 Å². The van der Waals surface area contributed by atoms with Gasteiger partial charge < -0.3 is 10.5 Å². The standard InChI is InChI=1S/C15H21NO2S/c1-10-4-5-11(2)13(8-10)19-9-15(16,12-6-7-12)14(17)18-3/h4-5,8,12H,6-7,9,16H2,1-3H3. The maximum absolute atomic E-state index is 11.9. The molecule has 1 fully saturated rings. The van der Waals surface area contributed by atoms with Crippen LogP contribution in [0.1, 0.15) is 24.0 Å². The molecule has 1 saturated carbocycles. The Bertz CT molecular complexity index is 485. The Kier molecular flexibility index (Phi) is 4.21. The molecule has 1 aromatic rings. The topological polar surface area (TPSA) is 52.3 Å². The SMILES string of the molecule is COC(=O)C(N)(CSc1cc(C)ccc1C)C1CC1. The number of hydrogen-bond donors (Lipinski definition) is 1. The number of carbonyl (C=O) groups excluding carboxylic acids is 1. The third-order valence-corrected chi connectivity index (χ3v) is 5.05. The van der Waals surface area contributed by atoms with E-state index in [1.807, 2.05) is 0 Å². The molecule has 0 bridgehead atoms. The van der Waals surface area contributed by atoms with Crippen LogP contribution in [-0.2, 0) is 9.53 Å². The lowest BCUT2D eigenvalue weighted by atomic mass is 9.97. The Morgan fingerprint density at radius 1 is 1.47 bits per heavy atom. The van der Waals surface area contributed by atoms with Gasteiger partial charge in [0.2, 0.25) is 0 Å². The molecule has 0 spiro atoms. The molecule has 4 heteroatoms. The average Bonchev–Trinajstić information content (AvgIpc) is 3.23. The Balaban J connectivity index is 2.11. The number of ether oxygens (including phenoxy) is 1. The van der Waals surface area contributed by atoms with E-state index < -0.39 is 5.54 Å². The number of aryl methyl sites for hydroxylation is 2. The molecule has 3 nitrogen and oxygen atoms in total. The Labute approximate surface area is 118 Å². The minimum absolute atomic E-state index is 0.276. The normalized spacial score (nSPS) is 17.9. The Hall–Kier alpha value is -1.00. The first-order chi connectivity index (χ1) is 8.97. The molecular formula is C15H21NO2S. The third-order valence-electron chi connectivity index (χ3n) is 3.68. The fraction of sp³-hybridized carbons (Fsp3) is 0.533. The fourth-order valence-corrected chi connectivity index (χ4v) is 3.50. The number of carbonyl (C=O) groups is 1. The van der Waals surface area contributed by atoms with Gasteiger partial charge in [-0.25, -0.2) is 0 Å². The van der Waals surface area contributed by atoms with Gasteiger partial charge in [-0.05, 0) is 44.2 Å². The van der Waals surface area contributed by atoms with Crippen molar-refractivity contribution in [1.82, 2.24) is 0 Å². The molecule has 1 aromatic carbocycles.